The number of ketones is 1. The summed E-state index contributed by atoms with van der Waals surface area (Å²) in [6.45, 7) is 2.69. The molecule has 0 radical (unpaired) electrons. The summed E-state index contributed by atoms with van der Waals surface area (Å²) < 4.78 is 5.55. The molecule has 0 unspecified atom stereocenters. The van der Waals surface area contributed by atoms with Gasteiger partial charge in [0, 0.05) is 29.1 Å². The van der Waals surface area contributed by atoms with Crippen LogP contribution in [0.2, 0.25) is 0 Å². The van der Waals surface area contributed by atoms with Crippen molar-refractivity contribution in [2.75, 3.05) is 18.6 Å². The highest BCUT2D eigenvalue weighted by molar-refractivity contribution is 7.17. The molecule has 1 atom stereocenters. The number of hydrogen-bond acceptors (Lipinski definition) is 5. The summed E-state index contributed by atoms with van der Waals surface area (Å²) >= 11 is 1.58. The van der Waals surface area contributed by atoms with E-state index in [0.29, 0.717) is 37.4 Å². The van der Waals surface area contributed by atoms with Crippen LogP contribution in [0.4, 0.5) is 5.69 Å². The number of pyridine rings is 1. The molecule has 0 N–H and O–H groups in total. The third-order valence-corrected chi connectivity index (χ3v) is 9.01. The zero-order valence-electron chi connectivity index (χ0n) is 22.4. The Bertz CT molecular complexity index is 1540. The highest BCUT2D eigenvalue weighted by Gasteiger charge is 2.30. The molecule has 5 nitrogen and oxygen atoms in total. The minimum Gasteiger partial charge on any atom is -0.496 e. The predicted molar refractivity (Wildman–Crippen MR) is 156 cm³/mol. The van der Waals surface area contributed by atoms with Crippen LogP contribution in [0.3, 0.4) is 0 Å². The van der Waals surface area contributed by atoms with E-state index in [4.69, 9.17) is 9.72 Å². The van der Waals surface area contributed by atoms with Gasteiger partial charge in [-0.2, -0.15) is 0 Å². The number of hydrogen-bond donors (Lipinski definition) is 0. The SMILES string of the molecule is COc1ccccc1[C@H](C)Cc1cccc(C(=O)N2CCc3cc(C(=O)CC4CC4)sc3-c3ccccc32)n1. The number of carbonyl (C=O) groups excluding carboxylic acids is 2. The van der Waals surface area contributed by atoms with Gasteiger partial charge in [0.1, 0.15) is 11.4 Å². The zero-order valence-corrected chi connectivity index (χ0v) is 23.2. The number of carbonyl (C=O) groups is 2. The number of thiophene rings is 1. The Balaban J connectivity index is 1.26. The molecule has 0 saturated heterocycles. The van der Waals surface area contributed by atoms with Crippen molar-refractivity contribution in [1.82, 2.24) is 4.98 Å². The van der Waals surface area contributed by atoms with Crippen molar-refractivity contribution in [2.24, 2.45) is 5.92 Å². The second kappa shape index (κ2) is 10.8. The largest absolute Gasteiger partial charge is 0.496 e. The number of para-hydroxylation sites is 2. The van der Waals surface area contributed by atoms with Crippen LogP contribution in [0.25, 0.3) is 10.4 Å². The molecule has 6 rings (SSSR count). The molecule has 2 aromatic carbocycles. The normalized spacial score (nSPS) is 15.2. The maximum Gasteiger partial charge on any atom is 0.276 e. The number of benzene rings is 2. The van der Waals surface area contributed by atoms with Crippen molar-refractivity contribution in [3.8, 4) is 16.2 Å². The van der Waals surface area contributed by atoms with E-state index in [2.05, 4.69) is 25.1 Å². The van der Waals surface area contributed by atoms with Gasteiger partial charge in [-0.3, -0.25) is 9.59 Å². The van der Waals surface area contributed by atoms with E-state index < -0.39 is 0 Å². The van der Waals surface area contributed by atoms with Gasteiger partial charge in [-0.15, -0.1) is 11.3 Å². The van der Waals surface area contributed by atoms with Crippen LogP contribution in [0.5, 0.6) is 5.75 Å². The van der Waals surface area contributed by atoms with Gasteiger partial charge in [0.15, 0.2) is 5.78 Å². The molecule has 1 amide bonds. The van der Waals surface area contributed by atoms with E-state index in [0.717, 1.165) is 43.6 Å². The highest BCUT2D eigenvalue weighted by Crippen LogP contribution is 2.43. The van der Waals surface area contributed by atoms with E-state index in [1.54, 1.807) is 24.5 Å². The fourth-order valence-electron chi connectivity index (χ4n) is 5.48. The lowest BCUT2D eigenvalue weighted by atomic mass is 9.95. The monoisotopic (exact) mass is 536 g/mol. The Morgan fingerprint density at radius 2 is 1.85 bits per heavy atom. The lowest BCUT2D eigenvalue weighted by molar-refractivity contribution is 0.0972. The summed E-state index contributed by atoms with van der Waals surface area (Å²) in [4.78, 5) is 35.3. The van der Waals surface area contributed by atoms with Crippen LogP contribution in [-0.4, -0.2) is 30.3 Å². The minimum absolute atomic E-state index is 0.102. The van der Waals surface area contributed by atoms with Crippen LogP contribution in [0, 0.1) is 5.92 Å². The molecule has 2 aliphatic rings. The Morgan fingerprint density at radius 1 is 1.05 bits per heavy atom. The van der Waals surface area contributed by atoms with Crippen LogP contribution in [0.1, 0.15) is 69.1 Å². The molecule has 0 spiro atoms. The number of Topliss-reactive ketones (excluding diaryl/α,β-unsaturated/α-hetero) is 1. The second-order valence-corrected chi connectivity index (χ2v) is 11.7. The minimum atomic E-state index is -0.102. The average molecular weight is 537 g/mol. The lowest BCUT2D eigenvalue weighted by Gasteiger charge is -2.23. The average Bonchev–Trinajstić information content (AvgIpc) is 3.71. The van der Waals surface area contributed by atoms with E-state index in [9.17, 15) is 9.59 Å². The van der Waals surface area contributed by atoms with Gasteiger partial charge in [0.05, 0.1) is 17.7 Å². The highest BCUT2D eigenvalue weighted by atomic mass is 32.1. The van der Waals surface area contributed by atoms with Crippen molar-refractivity contribution in [3.05, 3.63) is 100 Å². The van der Waals surface area contributed by atoms with Crippen LogP contribution >= 0.6 is 11.3 Å². The summed E-state index contributed by atoms with van der Waals surface area (Å²) in [6, 6.07) is 23.8. The third kappa shape index (κ3) is 5.26. The Hall–Kier alpha value is -3.77. The summed E-state index contributed by atoms with van der Waals surface area (Å²) in [5.74, 6) is 1.77. The summed E-state index contributed by atoms with van der Waals surface area (Å²) in [7, 11) is 1.69. The van der Waals surface area contributed by atoms with Crippen LogP contribution < -0.4 is 9.64 Å². The van der Waals surface area contributed by atoms with Gasteiger partial charge in [-0.1, -0.05) is 49.4 Å². The topological polar surface area (TPSA) is 59.5 Å². The fraction of sp³-hybridized carbons (Fsp3) is 0.303. The molecule has 2 aromatic heterocycles. The molecule has 1 saturated carbocycles. The van der Waals surface area contributed by atoms with Gasteiger partial charge in [0.25, 0.3) is 5.91 Å². The molecule has 1 aliphatic heterocycles. The number of ether oxygens (including phenoxy) is 1. The Kier molecular flexibility index (Phi) is 7.05. The summed E-state index contributed by atoms with van der Waals surface area (Å²) in [5, 5.41) is 0. The number of amides is 1. The van der Waals surface area contributed by atoms with Gasteiger partial charge in [-0.05, 0) is 79.0 Å². The third-order valence-electron chi connectivity index (χ3n) is 7.76. The van der Waals surface area contributed by atoms with Crippen molar-refractivity contribution in [3.63, 3.8) is 0 Å². The molecular formula is C33H32N2O3S. The predicted octanol–water partition coefficient (Wildman–Crippen LogP) is 7.35. The first-order valence-electron chi connectivity index (χ1n) is 13.7. The number of fused-ring (bicyclic) bond motifs is 3. The van der Waals surface area contributed by atoms with Crippen molar-refractivity contribution in [1.29, 1.82) is 0 Å². The first-order valence-corrected chi connectivity index (χ1v) is 14.5. The Labute approximate surface area is 233 Å². The Morgan fingerprint density at radius 3 is 2.67 bits per heavy atom. The molecule has 6 heteroatoms. The number of anilines is 1. The molecule has 3 heterocycles. The summed E-state index contributed by atoms with van der Waals surface area (Å²) in [6.07, 6.45) is 4.40. The number of methoxy groups -OCH3 is 1. The number of aromatic nitrogens is 1. The molecule has 1 aliphatic carbocycles. The molecule has 198 valence electrons. The maximum absolute atomic E-state index is 13.9. The first-order chi connectivity index (χ1) is 19.0. The molecular weight excluding hydrogens is 504 g/mol. The quantitative estimate of drug-likeness (QED) is 0.221. The molecule has 1 fully saturated rings. The van der Waals surface area contributed by atoms with Crippen molar-refractivity contribution >= 4 is 28.7 Å². The molecule has 0 bridgehead atoms. The smallest absolute Gasteiger partial charge is 0.276 e. The maximum atomic E-state index is 13.9. The van der Waals surface area contributed by atoms with E-state index >= 15 is 0 Å². The first kappa shape index (κ1) is 25.5. The van der Waals surface area contributed by atoms with Gasteiger partial charge in [-0.25, -0.2) is 4.98 Å². The van der Waals surface area contributed by atoms with Crippen molar-refractivity contribution in [2.45, 2.75) is 44.9 Å². The van der Waals surface area contributed by atoms with Gasteiger partial charge >= 0.3 is 0 Å². The second-order valence-electron chi connectivity index (χ2n) is 10.6. The zero-order chi connectivity index (χ0) is 26.9. The molecule has 4 aromatic rings. The van der Waals surface area contributed by atoms with Crippen molar-refractivity contribution < 1.29 is 14.3 Å². The van der Waals surface area contributed by atoms with Gasteiger partial charge in [0.2, 0.25) is 0 Å². The number of nitrogens with zero attached hydrogens (tertiary/aromatic N) is 2. The standard InChI is InChI=1S/C33H32N2O3S/c1-21(25-9-4-6-13-30(25)38-2)18-24-8-7-11-27(34-24)33(37)35-17-16-23-20-31(29(36)19-22-14-15-22)39-32(23)26-10-3-5-12-28(26)35/h3-13,20-22H,14-19H2,1-2H3/t21-/m1/s1. The van der Waals surface area contributed by atoms with Crippen LogP contribution in [0.15, 0.2) is 72.8 Å². The number of rotatable bonds is 8. The van der Waals surface area contributed by atoms with Gasteiger partial charge < -0.3 is 9.64 Å². The van der Waals surface area contributed by atoms with E-state index in [1.807, 2.05) is 53.4 Å². The van der Waals surface area contributed by atoms with E-state index in [-0.39, 0.29) is 17.6 Å². The van der Waals surface area contributed by atoms with Crippen LogP contribution in [-0.2, 0) is 12.8 Å². The fourth-order valence-corrected chi connectivity index (χ4v) is 6.67. The molecule has 39 heavy (non-hydrogen) atoms. The van der Waals surface area contributed by atoms with E-state index in [1.165, 1.54) is 12.8 Å². The lowest BCUT2D eigenvalue weighted by Crippen LogP contribution is -2.33. The summed E-state index contributed by atoms with van der Waals surface area (Å²) in [5.41, 5.74) is 5.48.